The second-order valence-corrected chi connectivity index (χ2v) is 3.90. The number of nitrogens with two attached hydrogens (primary N) is 1. The zero-order chi connectivity index (χ0) is 11.8. The van der Waals surface area contributed by atoms with E-state index in [2.05, 4.69) is 5.32 Å². The van der Waals surface area contributed by atoms with Crippen LogP contribution in [-0.4, -0.2) is 44.4 Å². The summed E-state index contributed by atoms with van der Waals surface area (Å²) < 4.78 is 10.7. The number of amides is 1. The SMILES string of the molecule is CCOCCCNC(=O)[C@@H]1CC[C@H](CN)O1. The average Bonchev–Trinajstić information content (AvgIpc) is 2.77. The molecule has 3 N–H and O–H groups in total. The van der Waals surface area contributed by atoms with Crippen molar-refractivity contribution in [2.75, 3.05) is 26.3 Å². The largest absolute Gasteiger partial charge is 0.382 e. The minimum atomic E-state index is -0.305. The number of nitrogens with one attached hydrogen (secondary N) is 1. The summed E-state index contributed by atoms with van der Waals surface area (Å²) >= 11 is 0. The molecule has 5 nitrogen and oxygen atoms in total. The standard InChI is InChI=1S/C11H22N2O3/c1-2-15-7-3-6-13-11(14)10-5-4-9(8-12)16-10/h9-10H,2-8,12H2,1H3,(H,13,14)/t9-,10+/m1/s1. The van der Waals surface area contributed by atoms with Gasteiger partial charge in [-0.15, -0.1) is 0 Å². The summed E-state index contributed by atoms with van der Waals surface area (Å²) in [5.41, 5.74) is 5.48. The molecule has 2 atom stereocenters. The maximum atomic E-state index is 11.6. The van der Waals surface area contributed by atoms with Gasteiger partial charge in [0.05, 0.1) is 6.10 Å². The molecule has 1 saturated heterocycles. The van der Waals surface area contributed by atoms with E-state index >= 15 is 0 Å². The monoisotopic (exact) mass is 230 g/mol. The Hall–Kier alpha value is -0.650. The van der Waals surface area contributed by atoms with Crippen LogP contribution < -0.4 is 11.1 Å². The molecule has 1 rings (SSSR count). The van der Waals surface area contributed by atoms with Gasteiger partial charge in [-0.1, -0.05) is 0 Å². The van der Waals surface area contributed by atoms with Crippen molar-refractivity contribution in [3.8, 4) is 0 Å². The van der Waals surface area contributed by atoms with E-state index in [0.717, 1.165) is 25.9 Å². The zero-order valence-electron chi connectivity index (χ0n) is 9.91. The highest BCUT2D eigenvalue weighted by molar-refractivity contribution is 5.80. The van der Waals surface area contributed by atoms with Crippen LogP contribution in [0.25, 0.3) is 0 Å². The van der Waals surface area contributed by atoms with Crippen LogP contribution in [-0.2, 0) is 14.3 Å². The number of carbonyl (C=O) groups is 1. The molecule has 0 spiro atoms. The normalized spacial score (nSPS) is 24.6. The number of hydrogen-bond acceptors (Lipinski definition) is 4. The molecule has 0 radical (unpaired) electrons. The van der Waals surface area contributed by atoms with Crippen molar-refractivity contribution in [1.29, 1.82) is 0 Å². The van der Waals surface area contributed by atoms with Gasteiger partial charge in [0.25, 0.3) is 0 Å². The highest BCUT2D eigenvalue weighted by Gasteiger charge is 2.29. The summed E-state index contributed by atoms with van der Waals surface area (Å²) in [5, 5.41) is 2.84. The van der Waals surface area contributed by atoms with E-state index < -0.39 is 0 Å². The third kappa shape index (κ3) is 4.47. The lowest BCUT2D eigenvalue weighted by Crippen LogP contribution is -2.36. The van der Waals surface area contributed by atoms with Crippen molar-refractivity contribution in [3.63, 3.8) is 0 Å². The van der Waals surface area contributed by atoms with Crippen LogP contribution in [0.4, 0.5) is 0 Å². The molecule has 1 amide bonds. The summed E-state index contributed by atoms with van der Waals surface area (Å²) in [5.74, 6) is -0.0209. The summed E-state index contributed by atoms with van der Waals surface area (Å²) in [4.78, 5) is 11.6. The predicted molar refractivity (Wildman–Crippen MR) is 61.1 cm³/mol. The zero-order valence-corrected chi connectivity index (χ0v) is 9.91. The van der Waals surface area contributed by atoms with Crippen molar-refractivity contribution < 1.29 is 14.3 Å². The van der Waals surface area contributed by atoms with Gasteiger partial charge in [0, 0.05) is 26.3 Å². The van der Waals surface area contributed by atoms with E-state index in [1.54, 1.807) is 0 Å². The maximum absolute atomic E-state index is 11.6. The van der Waals surface area contributed by atoms with Gasteiger partial charge in [0.15, 0.2) is 0 Å². The van der Waals surface area contributed by atoms with Crippen molar-refractivity contribution in [2.45, 2.75) is 38.4 Å². The third-order valence-corrected chi connectivity index (χ3v) is 2.63. The lowest BCUT2D eigenvalue weighted by molar-refractivity contribution is -0.131. The first-order valence-electron chi connectivity index (χ1n) is 5.99. The Balaban J connectivity index is 2.06. The van der Waals surface area contributed by atoms with Crippen molar-refractivity contribution in [2.24, 2.45) is 5.73 Å². The molecule has 16 heavy (non-hydrogen) atoms. The summed E-state index contributed by atoms with van der Waals surface area (Å²) in [6.45, 7) is 4.50. The number of rotatable bonds is 7. The molecule has 5 heteroatoms. The van der Waals surface area contributed by atoms with E-state index in [4.69, 9.17) is 15.2 Å². The number of hydrogen-bond donors (Lipinski definition) is 2. The Labute approximate surface area is 96.7 Å². The lowest BCUT2D eigenvalue weighted by atomic mass is 10.2. The van der Waals surface area contributed by atoms with Crippen LogP contribution in [0.1, 0.15) is 26.2 Å². The van der Waals surface area contributed by atoms with Gasteiger partial charge in [-0.3, -0.25) is 4.79 Å². The molecule has 1 fully saturated rings. The maximum Gasteiger partial charge on any atom is 0.249 e. The minimum Gasteiger partial charge on any atom is -0.382 e. The highest BCUT2D eigenvalue weighted by Crippen LogP contribution is 2.18. The first-order valence-corrected chi connectivity index (χ1v) is 5.99. The molecule has 1 heterocycles. The van der Waals surface area contributed by atoms with Crippen LogP contribution in [0.5, 0.6) is 0 Å². The van der Waals surface area contributed by atoms with E-state index in [0.29, 0.717) is 19.7 Å². The smallest absolute Gasteiger partial charge is 0.249 e. The van der Waals surface area contributed by atoms with Crippen molar-refractivity contribution >= 4 is 5.91 Å². The van der Waals surface area contributed by atoms with Crippen molar-refractivity contribution in [1.82, 2.24) is 5.32 Å². The third-order valence-electron chi connectivity index (χ3n) is 2.63. The molecule has 0 unspecified atom stereocenters. The first-order chi connectivity index (χ1) is 7.77. The molecule has 0 bridgehead atoms. The van der Waals surface area contributed by atoms with Crippen LogP contribution in [0.3, 0.4) is 0 Å². The Bertz CT molecular complexity index is 211. The Morgan fingerprint density at radius 1 is 1.56 bits per heavy atom. The topological polar surface area (TPSA) is 73.6 Å². The van der Waals surface area contributed by atoms with Crippen molar-refractivity contribution in [3.05, 3.63) is 0 Å². The molecule has 0 aromatic heterocycles. The molecule has 1 aliphatic rings. The Kier molecular flexibility index (Phi) is 6.37. The molecule has 0 aromatic rings. The second-order valence-electron chi connectivity index (χ2n) is 3.90. The van der Waals surface area contributed by atoms with Gasteiger partial charge in [-0.2, -0.15) is 0 Å². The van der Waals surface area contributed by atoms with Gasteiger partial charge in [0.2, 0.25) is 5.91 Å². The quantitative estimate of drug-likeness (QED) is 0.605. The molecular formula is C11H22N2O3. The fourth-order valence-electron chi connectivity index (χ4n) is 1.72. The fourth-order valence-corrected chi connectivity index (χ4v) is 1.72. The van der Waals surface area contributed by atoms with Crippen LogP contribution >= 0.6 is 0 Å². The van der Waals surface area contributed by atoms with Gasteiger partial charge < -0.3 is 20.5 Å². The molecule has 1 aliphatic heterocycles. The van der Waals surface area contributed by atoms with Crippen LogP contribution in [0.2, 0.25) is 0 Å². The predicted octanol–water partition coefficient (Wildman–Crippen LogP) is 0.0355. The number of carbonyl (C=O) groups excluding carboxylic acids is 1. The molecule has 94 valence electrons. The van der Waals surface area contributed by atoms with Gasteiger partial charge >= 0.3 is 0 Å². The Morgan fingerprint density at radius 2 is 2.38 bits per heavy atom. The lowest BCUT2D eigenvalue weighted by Gasteiger charge is -2.12. The van der Waals surface area contributed by atoms with E-state index in [9.17, 15) is 4.79 Å². The summed E-state index contributed by atoms with van der Waals surface area (Å²) in [7, 11) is 0. The number of ether oxygens (including phenoxy) is 2. The molecule has 0 aliphatic carbocycles. The average molecular weight is 230 g/mol. The van der Waals surface area contributed by atoms with Gasteiger partial charge in [-0.05, 0) is 26.2 Å². The second kappa shape index (κ2) is 7.60. The molecular weight excluding hydrogens is 208 g/mol. The summed E-state index contributed by atoms with van der Waals surface area (Å²) in [6.07, 6.45) is 2.25. The Morgan fingerprint density at radius 3 is 3.00 bits per heavy atom. The van der Waals surface area contributed by atoms with Gasteiger partial charge in [0.1, 0.15) is 6.10 Å². The van der Waals surface area contributed by atoms with E-state index in [1.165, 1.54) is 0 Å². The van der Waals surface area contributed by atoms with E-state index in [-0.39, 0.29) is 18.1 Å². The van der Waals surface area contributed by atoms with E-state index in [1.807, 2.05) is 6.92 Å². The van der Waals surface area contributed by atoms with Crippen LogP contribution in [0, 0.1) is 0 Å². The fraction of sp³-hybridized carbons (Fsp3) is 0.909. The highest BCUT2D eigenvalue weighted by atomic mass is 16.5. The minimum absolute atomic E-state index is 0.0209. The molecule has 0 saturated carbocycles. The molecule has 0 aromatic carbocycles. The van der Waals surface area contributed by atoms with Crippen LogP contribution in [0.15, 0.2) is 0 Å². The summed E-state index contributed by atoms with van der Waals surface area (Å²) in [6, 6.07) is 0. The van der Waals surface area contributed by atoms with Gasteiger partial charge in [-0.25, -0.2) is 0 Å². The first kappa shape index (κ1) is 13.4.